The fourth-order valence-corrected chi connectivity index (χ4v) is 3.52. The van der Waals surface area contributed by atoms with Crippen LogP contribution in [0.5, 0.6) is 0 Å². The predicted octanol–water partition coefficient (Wildman–Crippen LogP) is 16.4. The smallest absolute Gasteiger partial charge is 0.0408 e. The van der Waals surface area contributed by atoms with E-state index in [0.29, 0.717) is 0 Å². The van der Waals surface area contributed by atoms with Gasteiger partial charge in [-0.05, 0) is 62.4 Å². The van der Waals surface area contributed by atoms with Gasteiger partial charge in [-0.1, -0.05) is 205 Å². The van der Waals surface area contributed by atoms with E-state index in [0.717, 1.165) is 0 Å². The lowest BCUT2D eigenvalue weighted by molar-refractivity contribution is 1.20. The zero-order valence-electron chi connectivity index (χ0n) is 35.8. The summed E-state index contributed by atoms with van der Waals surface area (Å²) in [5, 5.41) is 0. The Morgan fingerprint density at radius 1 is 0.240 bits per heavy atom. The van der Waals surface area contributed by atoms with E-state index in [9.17, 15) is 0 Å². The number of anilines is 4. The van der Waals surface area contributed by atoms with Gasteiger partial charge in [-0.2, -0.15) is 0 Å². The van der Waals surface area contributed by atoms with Crippen LogP contribution in [0, 0.1) is 13.8 Å². The zero-order chi connectivity index (χ0) is 39.6. The standard InChI is InChI=1S/2C14H15N.C6H6.7C2H6/c2*1-12-8-10-14(11-9-12)15(2)13-6-4-3-5-7-13;1-2-4-6-5-3-1;7*1-2/h2*3-11H,1-2H3;1-6H;7*1-2H3. The van der Waals surface area contributed by atoms with Crippen molar-refractivity contribution in [3.8, 4) is 0 Å². The van der Waals surface area contributed by atoms with Gasteiger partial charge in [0.05, 0.1) is 0 Å². The topological polar surface area (TPSA) is 6.48 Å². The molecule has 0 saturated carbocycles. The Kier molecular flexibility index (Phi) is 49.3. The van der Waals surface area contributed by atoms with Gasteiger partial charge in [-0.15, -0.1) is 0 Å². The van der Waals surface area contributed by atoms with Crippen LogP contribution >= 0.6 is 0 Å². The first-order valence-corrected chi connectivity index (χ1v) is 19.3. The molecule has 0 aliphatic rings. The molecule has 0 spiro atoms. The van der Waals surface area contributed by atoms with Crippen LogP contribution in [0.25, 0.3) is 0 Å². The monoisotopic (exact) mass is 683 g/mol. The summed E-state index contributed by atoms with van der Waals surface area (Å²) in [5.74, 6) is 0. The normalized spacial score (nSPS) is 7.80. The van der Waals surface area contributed by atoms with E-state index in [1.807, 2.05) is 145 Å². The third-order valence-electron chi connectivity index (χ3n) is 5.80. The van der Waals surface area contributed by atoms with Gasteiger partial charge in [0, 0.05) is 36.8 Å². The lowest BCUT2D eigenvalue weighted by atomic mass is 10.2. The van der Waals surface area contributed by atoms with Crippen molar-refractivity contribution in [3.05, 3.63) is 157 Å². The van der Waals surface area contributed by atoms with Crippen LogP contribution in [0.2, 0.25) is 0 Å². The van der Waals surface area contributed by atoms with Crippen molar-refractivity contribution in [2.24, 2.45) is 0 Å². The van der Waals surface area contributed by atoms with Gasteiger partial charge >= 0.3 is 0 Å². The predicted molar refractivity (Wildman–Crippen MR) is 237 cm³/mol. The molecule has 0 saturated heterocycles. The molecule has 5 rings (SSSR count). The van der Waals surface area contributed by atoms with Crippen molar-refractivity contribution < 1.29 is 0 Å². The fourth-order valence-electron chi connectivity index (χ4n) is 3.52. The van der Waals surface area contributed by atoms with E-state index in [1.54, 1.807) is 0 Å². The molecule has 0 bridgehead atoms. The van der Waals surface area contributed by atoms with Gasteiger partial charge in [-0.3, -0.25) is 0 Å². The molecule has 0 heterocycles. The highest BCUT2D eigenvalue weighted by atomic mass is 15.1. The minimum atomic E-state index is 1.21. The molecule has 0 aliphatic heterocycles. The SMILES string of the molecule is CC.CC.CC.CC.CC.CC.CC.Cc1ccc(N(C)c2ccccc2)cc1.Cc1ccc(N(C)c2ccccc2)cc1.c1ccccc1. The summed E-state index contributed by atoms with van der Waals surface area (Å²) < 4.78 is 0. The molecular weight excluding hydrogens is 605 g/mol. The number of para-hydroxylation sites is 2. The van der Waals surface area contributed by atoms with Gasteiger partial charge < -0.3 is 9.80 Å². The van der Waals surface area contributed by atoms with Crippen LogP contribution in [-0.4, -0.2) is 14.1 Å². The summed E-state index contributed by atoms with van der Waals surface area (Å²) in [5.41, 5.74) is 7.43. The van der Waals surface area contributed by atoms with Crippen molar-refractivity contribution in [3.63, 3.8) is 0 Å². The quantitative estimate of drug-likeness (QED) is 0.186. The molecule has 50 heavy (non-hydrogen) atoms. The second-order valence-electron chi connectivity index (χ2n) is 8.61. The Bertz CT molecular complexity index is 1120. The van der Waals surface area contributed by atoms with Crippen molar-refractivity contribution >= 4 is 22.7 Å². The minimum absolute atomic E-state index is 1.21. The molecule has 0 atom stereocenters. The molecule has 0 fully saturated rings. The summed E-state index contributed by atoms with van der Waals surface area (Å²) in [6, 6.07) is 49.8. The third kappa shape index (κ3) is 27.6. The Labute approximate surface area is 313 Å². The number of hydrogen-bond acceptors (Lipinski definition) is 2. The molecule has 280 valence electrons. The molecule has 0 unspecified atom stereocenters. The first kappa shape index (κ1) is 55.1. The largest absolute Gasteiger partial charge is 0.345 e. The van der Waals surface area contributed by atoms with Crippen molar-refractivity contribution in [2.45, 2.75) is 111 Å². The van der Waals surface area contributed by atoms with Crippen molar-refractivity contribution in [1.29, 1.82) is 0 Å². The van der Waals surface area contributed by atoms with Crippen molar-refractivity contribution in [1.82, 2.24) is 0 Å². The molecule has 0 radical (unpaired) electrons. The van der Waals surface area contributed by atoms with Gasteiger partial charge in [0.25, 0.3) is 0 Å². The van der Waals surface area contributed by atoms with Gasteiger partial charge in [0.15, 0.2) is 0 Å². The second kappa shape index (κ2) is 44.7. The molecule has 0 aromatic heterocycles. The minimum Gasteiger partial charge on any atom is -0.345 e. The maximum absolute atomic E-state index is 2.18. The summed E-state index contributed by atoms with van der Waals surface area (Å²) in [6.07, 6.45) is 0. The number of nitrogens with zero attached hydrogens (tertiary/aromatic N) is 2. The van der Waals surface area contributed by atoms with E-state index < -0.39 is 0 Å². The Hall–Kier alpha value is -4.30. The summed E-state index contributed by atoms with van der Waals surface area (Å²) in [6.45, 7) is 32.2. The maximum atomic E-state index is 2.18. The van der Waals surface area contributed by atoms with Crippen LogP contribution in [0.4, 0.5) is 22.7 Å². The average molecular weight is 683 g/mol. The molecule has 0 N–H and O–H groups in total. The van der Waals surface area contributed by atoms with Crippen LogP contribution in [0.15, 0.2) is 146 Å². The van der Waals surface area contributed by atoms with E-state index in [4.69, 9.17) is 0 Å². The number of benzene rings is 5. The molecule has 2 nitrogen and oxygen atoms in total. The average Bonchev–Trinajstić information content (AvgIpc) is 3.25. The lowest BCUT2D eigenvalue weighted by Gasteiger charge is -2.19. The lowest BCUT2D eigenvalue weighted by Crippen LogP contribution is -2.08. The van der Waals surface area contributed by atoms with Crippen LogP contribution < -0.4 is 9.80 Å². The highest BCUT2D eigenvalue weighted by Crippen LogP contribution is 2.24. The zero-order valence-corrected chi connectivity index (χ0v) is 35.8. The number of hydrogen-bond donors (Lipinski definition) is 0. The molecule has 0 amide bonds. The van der Waals surface area contributed by atoms with Crippen molar-refractivity contribution in [2.75, 3.05) is 23.9 Å². The fraction of sp³-hybridized carbons (Fsp3) is 0.375. The molecule has 5 aromatic carbocycles. The molecule has 0 aliphatic carbocycles. The van der Waals surface area contributed by atoms with E-state index >= 15 is 0 Å². The molecule has 5 aromatic rings. The maximum Gasteiger partial charge on any atom is 0.0408 e. The Morgan fingerprint density at radius 3 is 0.600 bits per heavy atom. The Morgan fingerprint density at radius 2 is 0.400 bits per heavy atom. The van der Waals surface area contributed by atoms with E-state index in [1.165, 1.54) is 33.9 Å². The van der Waals surface area contributed by atoms with Gasteiger partial charge in [0.1, 0.15) is 0 Å². The van der Waals surface area contributed by atoms with Crippen LogP contribution in [-0.2, 0) is 0 Å². The first-order valence-electron chi connectivity index (χ1n) is 19.3. The summed E-state index contributed by atoms with van der Waals surface area (Å²) >= 11 is 0. The van der Waals surface area contributed by atoms with Crippen LogP contribution in [0.3, 0.4) is 0 Å². The summed E-state index contributed by atoms with van der Waals surface area (Å²) in [4.78, 5) is 4.36. The van der Waals surface area contributed by atoms with E-state index in [2.05, 4.69) is 135 Å². The van der Waals surface area contributed by atoms with E-state index in [-0.39, 0.29) is 0 Å². The molecule has 2 heteroatoms. The second-order valence-corrected chi connectivity index (χ2v) is 8.61. The number of rotatable bonds is 4. The number of aryl methyl sites for hydroxylation is 2. The third-order valence-corrected chi connectivity index (χ3v) is 5.80. The highest BCUT2D eigenvalue weighted by molar-refractivity contribution is 5.63. The molecular formula is C48H78N2. The van der Waals surface area contributed by atoms with Crippen LogP contribution in [0.1, 0.15) is 108 Å². The Balaban J connectivity index is -0.000000179. The van der Waals surface area contributed by atoms with Gasteiger partial charge in [-0.25, -0.2) is 0 Å². The first-order chi connectivity index (χ1) is 24.5. The highest BCUT2D eigenvalue weighted by Gasteiger charge is 2.02. The van der Waals surface area contributed by atoms with Gasteiger partial charge in [0.2, 0.25) is 0 Å². The summed E-state index contributed by atoms with van der Waals surface area (Å²) in [7, 11) is 4.17.